The Morgan fingerprint density at radius 3 is 2.35 bits per heavy atom. The summed E-state index contributed by atoms with van der Waals surface area (Å²) in [6, 6.07) is 10.2. The Morgan fingerprint density at radius 2 is 1.75 bits per heavy atom. The van der Waals surface area contributed by atoms with E-state index in [2.05, 4.69) is 5.32 Å². The summed E-state index contributed by atoms with van der Waals surface area (Å²) >= 11 is 5.63. The second kappa shape index (κ2) is 6.48. The van der Waals surface area contributed by atoms with Gasteiger partial charge in [-0.3, -0.25) is 4.79 Å². The van der Waals surface area contributed by atoms with E-state index in [-0.39, 0.29) is 5.56 Å². The summed E-state index contributed by atoms with van der Waals surface area (Å²) in [7, 11) is 0. The molecule has 1 N–H and O–H groups in total. The summed E-state index contributed by atoms with van der Waals surface area (Å²) in [4.78, 5) is 11.9. The standard InChI is InChI=1S/C15H12ClF2NO/c16-8-7-10-1-4-12(5-2-10)19-15(20)11-3-6-13(17)14(18)9-11/h1-6,9H,7-8H2,(H,19,20). The van der Waals surface area contributed by atoms with E-state index >= 15 is 0 Å². The van der Waals surface area contributed by atoms with E-state index in [1.165, 1.54) is 6.07 Å². The van der Waals surface area contributed by atoms with Gasteiger partial charge in [0.2, 0.25) is 0 Å². The highest BCUT2D eigenvalue weighted by Crippen LogP contribution is 2.14. The zero-order valence-corrected chi connectivity index (χ0v) is 11.3. The quantitative estimate of drug-likeness (QED) is 0.849. The number of rotatable bonds is 4. The van der Waals surface area contributed by atoms with E-state index in [1.54, 1.807) is 12.1 Å². The maximum Gasteiger partial charge on any atom is 0.255 e. The zero-order chi connectivity index (χ0) is 14.5. The highest BCUT2D eigenvalue weighted by molar-refractivity contribution is 6.18. The Bertz CT molecular complexity index is 614. The first-order chi connectivity index (χ1) is 9.60. The average Bonchev–Trinajstić information content (AvgIpc) is 2.44. The molecule has 0 unspecified atom stereocenters. The lowest BCUT2D eigenvalue weighted by Crippen LogP contribution is -2.12. The molecule has 0 fully saturated rings. The van der Waals surface area contributed by atoms with Crippen molar-refractivity contribution in [1.29, 1.82) is 0 Å². The summed E-state index contributed by atoms with van der Waals surface area (Å²) in [5.41, 5.74) is 1.71. The molecule has 0 aliphatic rings. The number of nitrogens with one attached hydrogen (secondary N) is 1. The second-order valence-electron chi connectivity index (χ2n) is 4.22. The first-order valence-electron chi connectivity index (χ1n) is 6.01. The van der Waals surface area contributed by atoms with Gasteiger partial charge in [-0.05, 0) is 42.3 Å². The van der Waals surface area contributed by atoms with Crippen LogP contribution in [0.4, 0.5) is 14.5 Å². The molecule has 0 bridgehead atoms. The van der Waals surface area contributed by atoms with Crippen molar-refractivity contribution < 1.29 is 13.6 Å². The van der Waals surface area contributed by atoms with Crippen LogP contribution in [0.2, 0.25) is 0 Å². The number of hydrogen-bond acceptors (Lipinski definition) is 1. The molecule has 0 aliphatic heterocycles. The Labute approximate surface area is 120 Å². The smallest absolute Gasteiger partial charge is 0.255 e. The summed E-state index contributed by atoms with van der Waals surface area (Å²) in [5, 5.41) is 2.61. The van der Waals surface area contributed by atoms with Crippen molar-refractivity contribution in [2.75, 3.05) is 11.2 Å². The van der Waals surface area contributed by atoms with Crippen molar-refractivity contribution in [2.45, 2.75) is 6.42 Å². The van der Waals surface area contributed by atoms with E-state index in [0.717, 1.165) is 24.1 Å². The fraction of sp³-hybridized carbons (Fsp3) is 0.133. The van der Waals surface area contributed by atoms with Crippen LogP contribution in [0.1, 0.15) is 15.9 Å². The number of benzene rings is 2. The minimum Gasteiger partial charge on any atom is -0.322 e. The number of anilines is 1. The van der Waals surface area contributed by atoms with E-state index in [0.29, 0.717) is 11.6 Å². The number of amides is 1. The van der Waals surface area contributed by atoms with Crippen molar-refractivity contribution in [3.63, 3.8) is 0 Å². The maximum absolute atomic E-state index is 13.0. The van der Waals surface area contributed by atoms with Gasteiger partial charge in [0, 0.05) is 17.1 Å². The first-order valence-corrected chi connectivity index (χ1v) is 6.55. The van der Waals surface area contributed by atoms with Crippen LogP contribution in [0.25, 0.3) is 0 Å². The largest absolute Gasteiger partial charge is 0.322 e. The van der Waals surface area contributed by atoms with Gasteiger partial charge in [-0.15, -0.1) is 11.6 Å². The lowest BCUT2D eigenvalue weighted by molar-refractivity contribution is 0.102. The molecule has 0 radical (unpaired) electrons. The summed E-state index contributed by atoms with van der Waals surface area (Å²) < 4.78 is 25.8. The van der Waals surface area contributed by atoms with Crippen LogP contribution in [0.5, 0.6) is 0 Å². The molecule has 0 saturated carbocycles. The predicted octanol–water partition coefficient (Wildman–Crippen LogP) is 4.00. The van der Waals surface area contributed by atoms with Crippen LogP contribution in [0, 0.1) is 11.6 Å². The Hall–Kier alpha value is -1.94. The molecule has 0 saturated heterocycles. The van der Waals surface area contributed by atoms with Crippen molar-refractivity contribution in [3.8, 4) is 0 Å². The highest BCUT2D eigenvalue weighted by Gasteiger charge is 2.09. The van der Waals surface area contributed by atoms with E-state index < -0.39 is 17.5 Å². The van der Waals surface area contributed by atoms with Crippen LogP contribution in [-0.4, -0.2) is 11.8 Å². The molecule has 1 amide bonds. The maximum atomic E-state index is 13.0. The number of carbonyl (C=O) groups excluding carboxylic acids is 1. The summed E-state index contributed by atoms with van der Waals surface area (Å²) in [6.07, 6.45) is 0.749. The van der Waals surface area contributed by atoms with Gasteiger partial charge >= 0.3 is 0 Å². The molecule has 2 rings (SSSR count). The monoisotopic (exact) mass is 295 g/mol. The van der Waals surface area contributed by atoms with Gasteiger partial charge < -0.3 is 5.32 Å². The summed E-state index contributed by atoms with van der Waals surface area (Å²) in [6.45, 7) is 0. The molecule has 2 aromatic rings. The van der Waals surface area contributed by atoms with E-state index in [9.17, 15) is 13.6 Å². The van der Waals surface area contributed by atoms with Gasteiger partial charge in [0.05, 0.1) is 0 Å². The van der Waals surface area contributed by atoms with Gasteiger partial charge in [-0.2, -0.15) is 0 Å². The zero-order valence-electron chi connectivity index (χ0n) is 10.5. The molecule has 0 heterocycles. The van der Waals surface area contributed by atoms with Crippen molar-refractivity contribution in [1.82, 2.24) is 0 Å². The van der Waals surface area contributed by atoms with Gasteiger partial charge in [0.25, 0.3) is 5.91 Å². The van der Waals surface area contributed by atoms with Crippen molar-refractivity contribution >= 4 is 23.2 Å². The van der Waals surface area contributed by atoms with Crippen molar-refractivity contribution in [3.05, 3.63) is 65.2 Å². The molecular weight excluding hydrogens is 284 g/mol. The normalized spacial score (nSPS) is 10.3. The Balaban J connectivity index is 2.08. The van der Waals surface area contributed by atoms with Gasteiger partial charge in [0.15, 0.2) is 11.6 Å². The lowest BCUT2D eigenvalue weighted by atomic mass is 10.1. The van der Waals surface area contributed by atoms with Gasteiger partial charge in [-0.1, -0.05) is 12.1 Å². The van der Waals surface area contributed by atoms with Crippen molar-refractivity contribution in [2.24, 2.45) is 0 Å². The third-order valence-corrected chi connectivity index (χ3v) is 2.97. The Morgan fingerprint density at radius 1 is 1.05 bits per heavy atom. The number of aryl methyl sites for hydroxylation is 1. The Kier molecular flexibility index (Phi) is 4.69. The molecule has 20 heavy (non-hydrogen) atoms. The average molecular weight is 296 g/mol. The van der Waals surface area contributed by atoms with Gasteiger partial charge in [0.1, 0.15) is 0 Å². The van der Waals surface area contributed by atoms with Gasteiger partial charge in [-0.25, -0.2) is 8.78 Å². The van der Waals surface area contributed by atoms with Crippen LogP contribution >= 0.6 is 11.6 Å². The fourth-order valence-electron chi connectivity index (χ4n) is 1.70. The minimum atomic E-state index is -1.05. The molecule has 5 heteroatoms. The van der Waals surface area contributed by atoms with E-state index in [1.807, 2.05) is 12.1 Å². The number of alkyl halides is 1. The second-order valence-corrected chi connectivity index (χ2v) is 4.60. The number of hydrogen-bond donors (Lipinski definition) is 1. The van der Waals surface area contributed by atoms with Crippen LogP contribution in [-0.2, 0) is 6.42 Å². The number of carbonyl (C=O) groups is 1. The molecule has 2 aromatic carbocycles. The summed E-state index contributed by atoms with van der Waals surface area (Å²) in [5.74, 6) is -1.99. The van der Waals surface area contributed by atoms with E-state index in [4.69, 9.17) is 11.6 Å². The van der Waals surface area contributed by atoms with Crippen LogP contribution < -0.4 is 5.32 Å². The minimum absolute atomic E-state index is 0.0636. The lowest BCUT2D eigenvalue weighted by Gasteiger charge is -2.06. The molecule has 0 aromatic heterocycles. The molecule has 0 spiro atoms. The molecule has 2 nitrogen and oxygen atoms in total. The predicted molar refractivity (Wildman–Crippen MR) is 75.2 cm³/mol. The molecular formula is C15H12ClF2NO. The SMILES string of the molecule is O=C(Nc1ccc(CCCl)cc1)c1ccc(F)c(F)c1. The molecule has 0 aliphatic carbocycles. The first kappa shape index (κ1) is 14.5. The molecule has 0 atom stereocenters. The highest BCUT2D eigenvalue weighted by atomic mass is 35.5. The third-order valence-electron chi connectivity index (χ3n) is 2.78. The third kappa shape index (κ3) is 3.54. The van der Waals surface area contributed by atoms with Crippen LogP contribution in [0.3, 0.4) is 0 Å². The van der Waals surface area contributed by atoms with Crippen LogP contribution in [0.15, 0.2) is 42.5 Å². The fourth-order valence-corrected chi connectivity index (χ4v) is 1.92. The molecule has 104 valence electrons. The topological polar surface area (TPSA) is 29.1 Å². The number of halogens is 3.